The lowest BCUT2D eigenvalue weighted by Crippen LogP contribution is -2.51. The number of nitrogens with one attached hydrogen (secondary N) is 1. The van der Waals surface area contributed by atoms with Gasteiger partial charge in [-0.25, -0.2) is 0 Å². The van der Waals surface area contributed by atoms with E-state index in [2.05, 4.69) is 5.32 Å². The standard InChI is InChI=1S/C9H17NOS/c11-9-4-2-1-3-8(9)10-7-5-12-6-7/h7-11H,1-6H2/t8-,9-/m0/s1. The number of hydrogen-bond donors (Lipinski definition) is 2. The molecule has 0 spiro atoms. The predicted molar refractivity (Wildman–Crippen MR) is 52.5 cm³/mol. The lowest BCUT2D eigenvalue weighted by Gasteiger charge is -2.35. The summed E-state index contributed by atoms with van der Waals surface area (Å²) >= 11 is 1.99. The van der Waals surface area contributed by atoms with Crippen molar-refractivity contribution < 1.29 is 5.11 Å². The summed E-state index contributed by atoms with van der Waals surface area (Å²) < 4.78 is 0. The van der Waals surface area contributed by atoms with Crippen LogP contribution >= 0.6 is 11.8 Å². The summed E-state index contributed by atoms with van der Waals surface area (Å²) in [6.07, 6.45) is 4.58. The van der Waals surface area contributed by atoms with Crippen LogP contribution in [0.3, 0.4) is 0 Å². The Morgan fingerprint density at radius 1 is 1.17 bits per heavy atom. The molecule has 1 aliphatic carbocycles. The van der Waals surface area contributed by atoms with Gasteiger partial charge in [-0.1, -0.05) is 12.8 Å². The highest BCUT2D eigenvalue weighted by atomic mass is 32.2. The second-order valence-corrected chi connectivity index (χ2v) is 4.93. The zero-order valence-corrected chi connectivity index (χ0v) is 8.15. The third kappa shape index (κ3) is 1.95. The van der Waals surface area contributed by atoms with Crippen LogP contribution in [0, 0.1) is 0 Å². The van der Waals surface area contributed by atoms with E-state index in [0.717, 1.165) is 6.42 Å². The Morgan fingerprint density at radius 3 is 2.50 bits per heavy atom. The Balaban J connectivity index is 1.76. The first kappa shape index (κ1) is 8.85. The molecule has 0 aromatic heterocycles. The minimum Gasteiger partial charge on any atom is -0.392 e. The Kier molecular flexibility index (Phi) is 2.94. The molecule has 2 N–H and O–H groups in total. The van der Waals surface area contributed by atoms with Gasteiger partial charge < -0.3 is 10.4 Å². The van der Waals surface area contributed by atoms with Gasteiger partial charge in [0.15, 0.2) is 0 Å². The minimum absolute atomic E-state index is 0.0793. The van der Waals surface area contributed by atoms with E-state index in [1.807, 2.05) is 11.8 Å². The van der Waals surface area contributed by atoms with Gasteiger partial charge in [-0.2, -0.15) is 11.8 Å². The molecule has 3 heteroatoms. The maximum atomic E-state index is 9.67. The highest BCUT2D eigenvalue weighted by Gasteiger charge is 2.27. The molecule has 1 saturated heterocycles. The molecule has 2 fully saturated rings. The van der Waals surface area contributed by atoms with E-state index in [-0.39, 0.29) is 6.10 Å². The van der Waals surface area contributed by atoms with E-state index in [9.17, 15) is 5.11 Å². The van der Waals surface area contributed by atoms with E-state index < -0.39 is 0 Å². The summed E-state index contributed by atoms with van der Waals surface area (Å²) in [6.45, 7) is 0. The Bertz CT molecular complexity index is 149. The summed E-state index contributed by atoms with van der Waals surface area (Å²) in [5.74, 6) is 2.48. The maximum Gasteiger partial charge on any atom is 0.0693 e. The molecule has 0 radical (unpaired) electrons. The van der Waals surface area contributed by atoms with Gasteiger partial charge in [0, 0.05) is 23.6 Å². The van der Waals surface area contributed by atoms with E-state index in [0.29, 0.717) is 12.1 Å². The van der Waals surface area contributed by atoms with E-state index >= 15 is 0 Å². The van der Waals surface area contributed by atoms with Crippen molar-refractivity contribution in [3.05, 3.63) is 0 Å². The second-order valence-electron chi connectivity index (χ2n) is 3.86. The fraction of sp³-hybridized carbons (Fsp3) is 1.00. The third-order valence-electron chi connectivity index (χ3n) is 2.82. The minimum atomic E-state index is -0.0793. The average Bonchev–Trinajstić information content (AvgIpc) is 2.00. The van der Waals surface area contributed by atoms with Gasteiger partial charge in [0.1, 0.15) is 0 Å². The molecule has 0 amide bonds. The van der Waals surface area contributed by atoms with Crippen molar-refractivity contribution >= 4 is 11.8 Å². The molecule has 0 aromatic rings. The highest BCUT2D eigenvalue weighted by molar-refractivity contribution is 8.00. The van der Waals surface area contributed by atoms with Crippen LogP contribution < -0.4 is 5.32 Å². The van der Waals surface area contributed by atoms with Crippen molar-refractivity contribution in [3.8, 4) is 0 Å². The van der Waals surface area contributed by atoms with Crippen molar-refractivity contribution in [3.63, 3.8) is 0 Å². The zero-order chi connectivity index (χ0) is 8.39. The molecule has 70 valence electrons. The smallest absolute Gasteiger partial charge is 0.0693 e. The summed E-state index contributed by atoms with van der Waals surface area (Å²) in [7, 11) is 0. The van der Waals surface area contributed by atoms with Crippen LogP contribution in [-0.4, -0.2) is 34.8 Å². The molecule has 2 atom stereocenters. The Labute approximate surface area is 78.1 Å². The molecule has 0 unspecified atom stereocenters. The van der Waals surface area contributed by atoms with Gasteiger partial charge in [-0.3, -0.25) is 0 Å². The van der Waals surface area contributed by atoms with Crippen LogP contribution in [0.25, 0.3) is 0 Å². The normalized spacial score (nSPS) is 37.8. The van der Waals surface area contributed by atoms with E-state index in [4.69, 9.17) is 0 Å². The quantitative estimate of drug-likeness (QED) is 0.676. The zero-order valence-electron chi connectivity index (χ0n) is 7.33. The number of aliphatic hydroxyl groups is 1. The van der Waals surface area contributed by atoms with Crippen LogP contribution in [0.5, 0.6) is 0 Å². The summed E-state index contributed by atoms with van der Waals surface area (Å²) in [5.41, 5.74) is 0. The monoisotopic (exact) mass is 187 g/mol. The number of rotatable bonds is 2. The summed E-state index contributed by atoms with van der Waals surface area (Å²) in [6, 6.07) is 1.08. The molecule has 2 aliphatic rings. The fourth-order valence-electron chi connectivity index (χ4n) is 1.94. The first-order chi connectivity index (χ1) is 5.86. The fourth-order valence-corrected chi connectivity index (χ4v) is 2.60. The van der Waals surface area contributed by atoms with Crippen molar-refractivity contribution in [2.45, 2.75) is 43.9 Å². The largest absolute Gasteiger partial charge is 0.392 e. The highest BCUT2D eigenvalue weighted by Crippen LogP contribution is 2.23. The van der Waals surface area contributed by atoms with Gasteiger partial charge in [0.25, 0.3) is 0 Å². The van der Waals surface area contributed by atoms with E-state index in [1.54, 1.807) is 0 Å². The first-order valence-corrected chi connectivity index (χ1v) is 6.03. The van der Waals surface area contributed by atoms with E-state index in [1.165, 1.54) is 30.8 Å². The number of thioether (sulfide) groups is 1. The molecule has 0 aromatic carbocycles. The topological polar surface area (TPSA) is 32.3 Å². The Morgan fingerprint density at radius 2 is 1.92 bits per heavy atom. The van der Waals surface area contributed by atoms with Gasteiger partial charge in [-0.05, 0) is 12.8 Å². The van der Waals surface area contributed by atoms with Gasteiger partial charge in [-0.15, -0.1) is 0 Å². The molecule has 2 rings (SSSR count). The van der Waals surface area contributed by atoms with Crippen LogP contribution in [0.15, 0.2) is 0 Å². The van der Waals surface area contributed by atoms with Crippen molar-refractivity contribution in [1.82, 2.24) is 5.32 Å². The second kappa shape index (κ2) is 3.99. The SMILES string of the molecule is O[C@H]1CCCC[C@@H]1NC1CSC1. The van der Waals surface area contributed by atoms with Crippen LogP contribution in [-0.2, 0) is 0 Å². The summed E-state index contributed by atoms with van der Waals surface area (Å²) in [5, 5.41) is 13.2. The number of hydrogen-bond acceptors (Lipinski definition) is 3. The van der Waals surface area contributed by atoms with Crippen LogP contribution in [0.4, 0.5) is 0 Å². The average molecular weight is 187 g/mol. The van der Waals surface area contributed by atoms with Crippen molar-refractivity contribution in [2.24, 2.45) is 0 Å². The molecular weight excluding hydrogens is 170 g/mol. The lowest BCUT2D eigenvalue weighted by molar-refractivity contribution is 0.0870. The van der Waals surface area contributed by atoms with Crippen LogP contribution in [0.1, 0.15) is 25.7 Å². The predicted octanol–water partition coefficient (Wildman–Crippen LogP) is 0.995. The van der Waals surface area contributed by atoms with Gasteiger partial charge >= 0.3 is 0 Å². The van der Waals surface area contributed by atoms with Crippen molar-refractivity contribution in [1.29, 1.82) is 0 Å². The molecule has 1 aliphatic heterocycles. The molecule has 1 saturated carbocycles. The van der Waals surface area contributed by atoms with Crippen molar-refractivity contribution in [2.75, 3.05) is 11.5 Å². The lowest BCUT2D eigenvalue weighted by atomic mass is 9.92. The first-order valence-electron chi connectivity index (χ1n) is 4.88. The molecule has 0 bridgehead atoms. The third-order valence-corrected chi connectivity index (χ3v) is 4.09. The molecule has 12 heavy (non-hydrogen) atoms. The van der Waals surface area contributed by atoms with Gasteiger partial charge in [0.2, 0.25) is 0 Å². The summed E-state index contributed by atoms with van der Waals surface area (Å²) in [4.78, 5) is 0. The maximum absolute atomic E-state index is 9.67. The van der Waals surface area contributed by atoms with Crippen LogP contribution in [0.2, 0.25) is 0 Å². The molecule has 1 heterocycles. The Hall–Kier alpha value is 0.270. The molecule has 2 nitrogen and oxygen atoms in total. The molecular formula is C9H17NOS. The van der Waals surface area contributed by atoms with Gasteiger partial charge in [0.05, 0.1) is 6.10 Å². The number of aliphatic hydroxyl groups excluding tert-OH is 1.